The molecular formula is C20H26N2O2. The van der Waals surface area contributed by atoms with Crippen LogP contribution in [0.3, 0.4) is 0 Å². The highest BCUT2D eigenvalue weighted by atomic mass is 16.5. The maximum atomic E-state index is 5.70. The van der Waals surface area contributed by atoms with Gasteiger partial charge in [-0.25, -0.2) is 4.98 Å². The third kappa shape index (κ3) is 6.59. The zero-order valence-electron chi connectivity index (χ0n) is 14.7. The third-order valence-electron chi connectivity index (χ3n) is 3.38. The van der Waals surface area contributed by atoms with Gasteiger partial charge in [0.15, 0.2) is 0 Å². The largest absolute Gasteiger partial charge is 0.475 e. The molecule has 0 atom stereocenters. The Morgan fingerprint density at radius 2 is 1.71 bits per heavy atom. The first-order valence-corrected chi connectivity index (χ1v) is 8.16. The van der Waals surface area contributed by atoms with Crippen LogP contribution in [0.5, 0.6) is 5.88 Å². The minimum atomic E-state index is 0.215. The number of anilines is 1. The summed E-state index contributed by atoms with van der Waals surface area (Å²) >= 11 is 0. The monoisotopic (exact) mass is 326 g/mol. The summed E-state index contributed by atoms with van der Waals surface area (Å²) in [6.45, 7) is 9.31. The second-order valence-corrected chi connectivity index (χ2v) is 6.70. The van der Waals surface area contributed by atoms with Crippen LogP contribution in [-0.4, -0.2) is 18.2 Å². The van der Waals surface area contributed by atoms with Gasteiger partial charge in [-0.15, -0.1) is 0 Å². The summed E-state index contributed by atoms with van der Waals surface area (Å²) in [6.07, 6.45) is 4.84. The van der Waals surface area contributed by atoms with Gasteiger partial charge in [-0.3, -0.25) is 0 Å². The van der Waals surface area contributed by atoms with E-state index in [4.69, 9.17) is 15.2 Å². The Kier molecular flexibility index (Phi) is 6.62. The summed E-state index contributed by atoms with van der Waals surface area (Å²) < 4.78 is 11.0. The lowest BCUT2D eigenvalue weighted by molar-refractivity contribution is 0.141. The maximum absolute atomic E-state index is 5.70. The lowest BCUT2D eigenvalue weighted by atomic mass is 9.91. The molecule has 1 aromatic carbocycles. The summed E-state index contributed by atoms with van der Waals surface area (Å²) in [7, 11) is 0. The van der Waals surface area contributed by atoms with Crippen molar-refractivity contribution in [3.63, 3.8) is 0 Å². The molecule has 1 aromatic heterocycles. The fourth-order valence-corrected chi connectivity index (χ4v) is 2.06. The van der Waals surface area contributed by atoms with Gasteiger partial charge in [0.25, 0.3) is 0 Å². The van der Waals surface area contributed by atoms with Crippen LogP contribution in [0.25, 0.3) is 11.1 Å². The minimum Gasteiger partial charge on any atom is -0.475 e. The highest BCUT2D eigenvalue weighted by molar-refractivity contribution is 5.64. The number of nitrogens with zero attached hydrogens (tertiary/aromatic N) is 1. The summed E-state index contributed by atoms with van der Waals surface area (Å²) in [4.78, 5) is 4.32. The van der Waals surface area contributed by atoms with Crippen LogP contribution in [0.4, 0.5) is 5.69 Å². The van der Waals surface area contributed by atoms with E-state index < -0.39 is 0 Å². The van der Waals surface area contributed by atoms with Crippen LogP contribution in [0, 0.1) is 18.4 Å². The van der Waals surface area contributed by atoms with E-state index in [0.717, 1.165) is 23.2 Å². The molecule has 4 heteroatoms. The van der Waals surface area contributed by atoms with Crippen LogP contribution >= 0.6 is 0 Å². The predicted molar refractivity (Wildman–Crippen MR) is 98.2 cm³/mol. The van der Waals surface area contributed by atoms with Gasteiger partial charge in [-0.05, 0) is 42.0 Å². The van der Waals surface area contributed by atoms with Crippen LogP contribution in [0.1, 0.15) is 27.2 Å². The maximum Gasteiger partial charge on any atom is 0.213 e. The van der Waals surface area contributed by atoms with Crippen LogP contribution in [-0.2, 0) is 4.74 Å². The third-order valence-corrected chi connectivity index (χ3v) is 3.38. The molecule has 4 nitrogen and oxygen atoms in total. The number of hydrogen-bond donors (Lipinski definition) is 1. The van der Waals surface area contributed by atoms with Gasteiger partial charge < -0.3 is 15.2 Å². The first-order chi connectivity index (χ1) is 11.4. The van der Waals surface area contributed by atoms with Gasteiger partial charge in [-0.2, -0.15) is 0 Å². The van der Waals surface area contributed by atoms with Gasteiger partial charge in [-0.1, -0.05) is 32.9 Å². The Hall–Kier alpha value is -2.07. The van der Waals surface area contributed by atoms with Crippen molar-refractivity contribution in [1.29, 1.82) is 0 Å². The number of pyridine rings is 1. The van der Waals surface area contributed by atoms with E-state index in [0.29, 0.717) is 19.1 Å². The molecular weight excluding hydrogens is 300 g/mol. The molecule has 0 bridgehead atoms. The van der Waals surface area contributed by atoms with E-state index in [1.807, 2.05) is 43.0 Å². The molecule has 24 heavy (non-hydrogen) atoms. The van der Waals surface area contributed by atoms with Crippen molar-refractivity contribution < 1.29 is 9.47 Å². The first kappa shape index (κ1) is 18.3. The molecule has 0 aliphatic carbocycles. The molecule has 2 N–H and O–H groups in total. The van der Waals surface area contributed by atoms with Gasteiger partial charge in [0.2, 0.25) is 5.88 Å². The van der Waals surface area contributed by atoms with Crippen molar-refractivity contribution in [3.8, 4) is 17.0 Å². The second kappa shape index (κ2) is 8.69. The zero-order valence-corrected chi connectivity index (χ0v) is 14.7. The zero-order chi connectivity index (χ0) is 17.4. The fraction of sp³-hybridized carbons (Fsp3) is 0.350. The Bertz CT molecular complexity index is 601. The standard InChI is InChI=1S/C20H26N2O2/c1-20(2,3)11-4-12-23-13-14-24-19-10-7-17(15-22-19)16-5-8-18(21)9-6-16/h5-12,15H,4,13-14,21H2,1-3H3. The van der Waals surface area contributed by atoms with Gasteiger partial charge >= 0.3 is 0 Å². The van der Waals surface area contributed by atoms with Crippen LogP contribution in [0.15, 0.2) is 42.6 Å². The quantitative estimate of drug-likeness (QED) is 0.572. The van der Waals surface area contributed by atoms with Crippen molar-refractivity contribution in [2.45, 2.75) is 27.2 Å². The molecule has 0 saturated carbocycles. The average Bonchev–Trinajstić information content (AvgIpc) is 2.54. The molecule has 0 fully saturated rings. The molecule has 1 heterocycles. The van der Waals surface area contributed by atoms with E-state index in [-0.39, 0.29) is 5.41 Å². The van der Waals surface area contributed by atoms with Gasteiger partial charge in [0.1, 0.15) is 6.61 Å². The lowest BCUT2D eigenvalue weighted by Gasteiger charge is -2.16. The number of nitrogens with two attached hydrogens (primary N) is 1. The van der Waals surface area contributed by atoms with Crippen LogP contribution in [0.2, 0.25) is 0 Å². The van der Waals surface area contributed by atoms with Crippen molar-refractivity contribution in [1.82, 2.24) is 4.98 Å². The summed E-state index contributed by atoms with van der Waals surface area (Å²) in [5.74, 6) is 0.596. The normalized spacial score (nSPS) is 11.5. The van der Waals surface area contributed by atoms with Crippen molar-refractivity contribution in [2.24, 2.45) is 5.41 Å². The van der Waals surface area contributed by atoms with Crippen molar-refractivity contribution in [3.05, 3.63) is 55.6 Å². The van der Waals surface area contributed by atoms with E-state index in [1.54, 1.807) is 6.20 Å². The topological polar surface area (TPSA) is 57.4 Å². The number of hydrogen-bond acceptors (Lipinski definition) is 4. The molecule has 0 spiro atoms. The van der Waals surface area contributed by atoms with Gasteiger partial charge in [0, 0.05) is 23.5 Å². The molecule has 128 valence electrons. The molecule has 2 rings (SSSR count). The molecule has 2 radical (unpaired) electrons. The second-order valence-electron chi connectivity index (χ2n) is 6.70. The summed E-state index contributed by atoms with van der Waals surface area (Å²) in [5, 5.41) is 0. The Labute approximate surface area is 145 Å². The Morgan fingerprint density at radius 1 is 1.00 bits per heavy atom. The Morgan fingerprint density at radius 3 is 2.33 bits per heavy atom. The highest BCUT2D eigenvalue weighted by Gasteiger charge is 2.09. The first-order valence-electron chi connectivity index (χ1n) is 8.16. The summed E-state index contributed by atoms with van der Waals surface area (Å²) in [5.41, 5.74) is 8.78. The average molecular weight is 326 g/mol. The van der Waals surface area contributed by atoms with E-state index in [9.17, 15) is 0 Å². The minimum absolute atomic E-state index is 0.215. The number of ether oxygens (including phenoxy) is 2. The van der Waals surface area contributed by atoms with E-state index in [1.165, 1.54) is 0 Å². The van der Waals surface area contributed by atoms with E-state index in [2.05, 4.69) is 32.2 Å². The number of nitrogen functional groups attached to an aromatic ring is 1. The fourth-order valence-electron chi connectivity index (χ4n) is 2.06. The molecule has 2 aromatic rings. The lowest BCUT2D eigenvalue weighted by Crippen LogP contribution is -2.09. The van der Waals surface area contributed by atoms with Crippen molar-refractivity contribution >= 4 is 5.69 Å². The SMILES string of the molecule is CC(C)(C)[CH]C[CH]OCCOc1ccc(-c2ccc(N)cc2)cn1. The van der Waals surface area contributed by atoms with Crippen LogP contribution < -0.4 is 10.5 Å². The van der Waals surface area contributed by atoms with E-state index >= 15 is 0 Å². The molecule has 0 aliphatic rings. The molecule has 0 amide bonds. The van der Waals surface area contributed by atoms with Crippen molar-refractivity contribution in [2.75, 3.05) is 18.9 Å². The Balaban J connectivity index is 1.68. The predicted octanol–water partition coefficient (Wildman–Crippen LogP) is 4.53. The number of rotatable bonds is 8. The molecule has 0 unspecified atom stereocenters. The van der Waals surface area contributed by atoms with Gasteiger partial charge in [0.05, 0.1) is 13.2 Å². The highest BCUT2D eigenvalue weighted by Crippen LogP contribution is 2.21. The molecule has 0 aliphatic heterocycles. The number of aromatic nitrogens is 1. The summed E-state index contributed by atoms with van der Waals surface area (Å²) in [6, 6.07) is 11.6. The smallest absolute Gasteiger partial charge is 0.213 e. The number of benzene rings is 1. The molecule has 0 saturated heterocycles.